The Bertz CT molecular complexity index is 690. The lowest BCUT2D eigenvalue weighted by molar-refractivity contribution is -0.144. The summed E-state index contributed by atoms with van der Waals surface area (Å²) in [6.45, 7) is 1.75. The maximum absolute atomic E-state index is 12.5. The fraction of sp³-hybridized carbons (Fsp3) is 0.450. The summed E-state index contributed by atoms with van der Waals surface area (Å²) in [6.07, 6.45) is 4.73. The summed E-state index contributed by atoms with van der Waals surface area (Å²) >= 11 is 6.70. The third-order valence-corrected chi connectivity index (χ3v) is 5.41. The summed E-state index contributed by atoms with van der Waals surface area (Å²) in [4.78, 5) is 28.5. The number of carbonyl (C=O) groups excluding carboxylic acids is 2. The van der Waals surface area contributed by atoms with Crippen LogP contribution in [0.5, 0.6) is 0 Å². The topological polar surface area (TPSA) is 49.9 Å². The molecular weight excluding hydrogens is 380 g/mol. The third-order valence-electron chi connectivity index (χ3n) is 4.04. The molecule has 7 heteroatoms. The molecule has 1 aromatic carbocycles. The number of nitrogens with zero attached hydrogens (tertiary/aromatic N) is 2. The zero-order valence-corrected chi connectivity index (χ0v) is 17.5. The van der Waals surface area contributed by atoms with Gasteiger partial charge in [-0.3, -0.25) is 14.5 Å². The van der Waals surface area contributed by atoms with Crippen LogP contribution in [0, 0.1) is 0 Å². The highest BCUT2D eigenvalue weighted by atomic mass is 32.2. The number of benzene rings is 1. The standard InChI is InChI=1S/C20H26N2O3S2/c1-21(2)13-14-25-18(23)11-7-4-8-12-22-19(24)17(27-20(22)26)15-16-9-5-3-6-10-16/h3,5-6,9-10,15H,4,7-8,11-14H2,1-2H3/b17-15+. The highest BCUT2D eigenvalue weighted by Gasteiger charge is 2.31. The number of amides is 1. The molecule has 1 amide bonds. The van der Waals surface area contributed by atoms with Crippen molar-refractivity contribution in [3.63, 3.8) is 0 Å². The summed E-state index contributed by atoms with van der Waals surface area (Å²) in [5.74, 6) is -0.190. The van der Waals surface area contributed by atoms with Crippen molar-refractivity contribution >= 4 is 46.3 Å². The fourth-order valence-electron chi connectivity index (χ4n) is 2.52. The van der Waals surface area contributed by atoms with E-state index in [4.69, 9.17) is 17.0 Å². The number of thioether (sulfide) groups is 1. The second-order valence-corrected chi connectivity index (χ2v) is 8.25. The molecule has 146 valence electrons. The average molecular weight is 407 g/mol. The first-order valence-electron chi connectivity index (χ1n) is 9.08. The molecule has 27 heavy (non-hydrogen) atoms. The summed E-state index contributed by atoms with van der Waals surface area (Å²) in [6, 6.07) is 9.76. The Morgan fingerprint density at radius 3 is 2.67 bits per heavy atom. The van der Waals surface area contributed by atoms with Gasteiger partial charge in [0.15, 0.2) is 0 Å². The highest BCUT2D eigenvalue weighted by Crippen LogP contribution is 2.32. The van der Waals surface area contributed by atoms with Crippen molar-refractivity contribution in [2.45, 2.75) is 25.7 Å². The van der Waals surface area contributed by atoms with Gasteiger partial charge in [-0.05, 0) is 38.6 Å². The molecule has 1 heterocycles. The van der Waals surface area contributed by atoms with Crippen LogP contribution >= 0.6 is 24.0 Å². The van der Waals surface area contributed by atoms with Gasteiger partial charge in [0.05, 0.1) is 4.91 Å². The van der Waals surface area contributed by atoms with Gasteiger partial charge < -0.3 is 9.64 Å². The predicted octanol–water partition coefficient (Wildman–Crippen LogP) is 3.55. The number of esters is 1. The zero-order valence-electron chi connectivity index (χ0n) is 15.8. The number of likely N-dealkylation sites (N-methyl/N-ethyl adjacent to an activating group) is 1. The molecule has 1 saturated heterocycles. The minimum absolute atomic E-state index is 0.0306. The van der Waals surface area contributed by atoms with Gasteiger partial charge in [-0.25, -0.2) is 0 Å². The van der Waals surface area contributed by atoms with Gasteiger partial charge in [-0.1, -0.05) is 60.7 Å². The second-order valence-electron chi connectivity index (χ2n) is 6.58. The molecule has 0 atom stereocenters. The van der Waals surface area contributed by atoms with Gasteiger partial charge in [0.1, 0.15) is 10.9 Å². The van der Waals surface area contributed by atoms with E-state index < -0.39 is 0 Å². The number of ether oxygens (including phenoxy) is 1. The molecule has 1 aliphatic rings. The van der Waals surface area contributed by atoms with E-state index >= 15 is 0 Å². The number of hydrogen-bond donors (Lipinski definition) is 0. The molecule has 1 aliphatic heterocycles. The molecule has 0 bridgehead atoms. The monoisotopic (exact) mass is 406 g/mol. The Kier molecular flexibility index (Phi) is 8.97. The van der Waals surface area contributed by atoms with E-state index in [0.717, 1.165) is 31.4 Å². The van der Waals surface area contributed by atoms with Gasteiger partial charge in [0, 0.05) is 19.5 Å². The molecule has 0 unspecified atom stereocenters. The highest BCUT2D eigenvalue weighted by molar-refractivity contribution is 8.26. The van der Waals surface area contributed by atoms with E-state index in [1.54, 1.807) is 4.90 Å². The Hall–Kier alpha value is -1.70. The summed E-state index contributed by atoms with van der Waals surface area (Å²) < 4.78 is 5.76. The van der Waals surface area contributed by atoms with Gasteiger partial charge >= 0.3 is 5.97 Å². The van der Waals surface area contributed by atoms with E-state index in [2.05, 4.69) is 0 Å². The SMILES string of the molecule is CN(C)CCOC(=O)CCCCCN1C(=O)/C(=C\c2ccccc2)SC1=S. The summed E-state index contributed by atoms with van der Waals surface area (Å²) in [7, 11) is 3.88. The average Bonchev–Trinajstić information content (AvgIpc) is 2.89. The first-order chi connectivity index (χ1) is 13.0. The fourth-order valence-corrected chi connectivity index (χ4v) is 3.83. The Morgan fingerprint density at radius 2 is 1.96 bits per heavy atom. The van der Waals surface area contributed by atoms with Crippen LogP contribution in [-0.2, 0) is 14.3 Å². The number of thiocarbonyl (C=S) groups is 1. The van der Waals surface area contributed by atoms with E-state index in [1.807, 2.05) is 55.4 Å². The first kappa shape index (κ1) is 21.6. The van der Waals surface area contributed by atoms with Crippen LogP contribution in [0.2, 0.25) is 0 Å². The number of rotatable bonds is 10. The molecule has 0 saturated carbocycles. The van der Waals surface area contributed by atoms with E-state index in [0.29, 0.717) is 28.8 Å². The van der Waals surface area contributed by atoms with Gasteiger partial charge in [0.2, 0.25) is 0 Å². The van der Waals surface area contributed by atoms with Crippen LogP contribution in [0.15, 0.2) is 35.2 Å². The lowest BCUT2D eigenvalue weighted by Crippen LogP contribution is -2.29. The predicted molar refractivity (Wildman–Crippen MR) is 114 cm³/mol. The zero-order chi connectivity index (χ0) is 19.6. The summed E-state index contributed by atoms with van der Waals surface area (Å²) in [5, 5.41) is 0. The Balaban J connectivity index is 1.69. The first-order valence-corrected chi connectivity index (χ1v) is 10.3. The van der Waals surface area contributed by atoms with Gasteiger partial charge in [-0.15, -0.1) is 0 Å². The third kappa shape index (κ3) is 7.44. The molecule has 2 rings (SSSR count). The van der Waals surface area contributed by atoms with Crippen molar-refractivity contribution in [1.82, 2.24) is 9.80 Å². The van der Waals surface area contributed by atoms with Crippen molar-refractivity contribution in [1.29, 1.82) is 0 Å². The molecule has 5 nitrogen and oxygen atoms in total. The second kappa shape index (κ2) is 11.2. The van der Waals surface area contributed by atoms with Crippen LogP contribution in [0.4, 0.5) is 0 Å². The van der Waals surface area contributed by atoms with Crippen LogP contribution in [0.25, 0.3) is 6.08 Å². The van der Waals surface area contributed by atoms with Crippen LogP contribution in [0.1, 0.15) is 31.2 Å². The number of hydrogen-bond acceptors (Lipinski definition) is 6. The maximum atomic E-state index is 12.5. The molecule has 0 radical (unpaired) electrons. The van der Waals surface area contributed by atoms with E-state index in [-0.39, 0.29) is 11.9 Å². The Morgan fingerprint density at radius 1 is 1.22 bits per heavy atom. The molecule has 0 aromatic heterocycles. The lowest BCUT2D eigenvalue weighted by atomic mass is 10.2. The quantitative estimate of drug-likeness (QED) is 0.256. The largest absolute Gasteiger partial charge is 0.464 e. The lowest BCUT2D eigenvalue weighted by Gasteiger charge is -2.14. The molecule has 1 aromatic rings. The summed E-state index contributed by atoms with van der Waals surface area (Å²) in [5.41, 5.74) is 0.991. The molecular formula is C20H26N2O3S2. The van der Waals surface area contributed by atoms with E-state index in [1.165, 1.54) is 11.8 Å². The minimum Gasteiger partial charge on any atom is -0.464 e. The normalized spacial score (nSPS) is 15.8. The molecule has 0 aliphatic carbocycles. The molecule has 1 fully saturated rings. The minimum atomic E-state index is -0.159. The van der Waals surface area contributed by atoms with Crippen molar-refractivity contribution in [3.8, 4) is 0 Å². The maximum Gasteiger partial charge on any atom is 0.305 e. The van der Waals surface area contributed by atoms with Crippen molar-refractivity contribution in [2.24, 2.45) is 0 Å². The van der Waals surface area contributed by atoms with Gasteiger partial charge in [-0.2, -0.15) is 0 Å². The Labute approximate surface area is 170 Å². The van der Waals surface area contributed by atoms with Crippen LogP contribution < -0.4 is 0 Å². The smallest absolute Gasteiger partial charge is 0.305 e. The number of unbranched alkanes of at least 4 members (excludes halogenated alkanes) is 2. The van der Waals surface area contributed by atoms with Crippen molar-refractivity contribution < 1.29 is 14.3 Å². The van der Waals surface area contributed by atoms with Crippen LogP contribution in [0.3, 0.4) is 0 Å². The van der Waals surface area contributed by atoms with Crippen LogP contribution in [-0.4, -0.2) is 59.8 Å². The van der Waals surface area contributed by atoms with Gasteiger partial charge in [0.25, 0.3) is 5.91 Å². The molecule has 0 N–H and O–H groups in total. The number of carbonyl (C=O) groups is 2. The molecule has 0 spiro atoms. The van der Waals surface area contributed by atoms with Crippen molar-refractivity contribution in [3.05, 3.63) is 40.8 Å². The van der Waals surface area contributed by atoms with E-state index in [9.17, 15) is 9.59 Å². The van der Waals surface area contributed by atoms with Crippen molar-refractivity contribution in [2.75, 3.05) is 33.8 Å².